The number of guanidine groups is 1. The summed E-state index contributed by atoms with van der Waals surface area (Å²) in [5, 5.41) is 6.26. The molecule has 170 valence electrons. The average Bonchev–Trinajstić information content (AvgIpc) is 2.76. The van der Waals surface area contributed by atoms with Crippen molar-refractivity contribution in [2.45, 2.75) is 32.2 Å². The van der Waals surface area contributed by atoms with Gasteiger partial charge in [-0.3, -0.25) is 0 Å². The Balaban J connectivity index is 1.99. The summed E-state index contributed by atoms with van der Waals surface area (Å²) in [7, 11) is -3.34. The molecule has 2 aromatic carbocycles. The molecule has 0 aliphatic carbocycles. The first kappa shape index (κ1) is 24.7. The zero-order valence-corrected chi connectivity index (χ0v) is 19.4. The molecule has 2 rings (SSSR count). The van der Waals surface area contributed by atoms with Gasteiger partial charge in [0.15, 0.2) is 15.8 Å². The molecule has 0 atom stereocenters. The second-order valence-electron chi connectivity index (χ2n) is 6.91. The average molecular weight is 448 g/mol. The molecular formula is C23H33N3O4S. The van der Waals surface area contributed by atoms with Crippen molar-refractivity contribution in [3.63, 3.8) is 0 Å². The highest BCUT2D eigenvalue weighted by Gasteiger charge is 2.13. The van der Waals surface area contributed by atoms with Crippen LogP contribution in [-0.2, 0) is 21.1 Å². The number of nitrogens with one attached hydrogen (secondary N) is 2. The van der Waals surface area contributed by atoms with Gasteiger partial charge >= 0.3 is 0 Å². The number of nitrogens with zero attached hydrogens (tertiary/aromatic N) is 1. The maximum absolute atomic E-state index is 12.4. The van der Waals surface area contributed by atoms with Gasteiger partial charge in [-0.1, -0.05) is 30.3 Å². The molecule has 0 saturated carbocycles. The van der Waals surface area contributed by atoms with E-state index in [1.807, 2.05) is 39.0 Å². The van der Waals surface area contributed by atoms with Gasteiger partial charge < -0.3 is 20.1 Å². The van der Waals surface area contributed by atoms with Crippen LogP contribution >= 0.6 is 0 Å². The molecule has 8 heteroatoms. The Morgan fingerprint density at radius 3 is 2.52 bits per heavy atom. The fourth-order valence-electron chi connectivity index (χ4n) is 2.84. The molecule has 0 saturated heterocycles. The van der Waals surface area contributed by atoms with Gasteiger partial charge in [0.25, 0.3) is 0 Å². The fraction of sp³-hybridized carbons (Fsp3) is 0.435. The molecule has 0 spiro atoms. The first-order chi connectivity index (χ1) is 15.0. The summed E-state index contributed by atoms with van der Waals surface area (Å²) in [5.41, 5.74) is 2.06. The maximum Gasteiger partial charge on any atom is 0.191 e. The number of hydrogen-bond donors (Lipinski definition) is 2. The molecule has 0 amide bonds. The van der Waals surface area contributed by atoms with Crippen LogP contribution in [0.4, 0.5) is 0 Å². The van der Waals surface area contributed by atoms with Crippen molar-refractivity contribution in [2.75, 3.05) is 38.7 Å². The second-order valence-corrected chi connectivity index (χ2v) is 9.02. The monoisotopic (exact) mass is 447 g/mol. The van der Waals surface area contributed by atoms with E-state index in [9.17, 15) is 8.42 Å². The predicted molar refractivity (Wildman–Crippen MR) is 124 cm³/mol. The van der Waals surface area contributed by atoms with Crippen molar-refractivity contribution in [2.24, 2.45) is 4.99 Å². The molecule has 0 aromatic heterocycles. The maximum atomic E-state index is 12.4. The predicted octanol–water partition coefficient (Wildman–Crippen LogP) is 2.94. The molecule has 2 N–H and O–H groups in total. The van der Waals surface area contributed by atoms with Gasteiger partial charge in [0.2, 0.25) is 0 Å². The lowest BCUT2D eigenvalue weighted by Crippen LogP contribution is -2.39. The summed E-state index contributed by atoms with van der Waals surface area (Å²) in [6.45, 7) is 8.94. The Kier molecular flexibility index (Phi) is 10.3. The van der Waals surface area contributed by atoms with Crippen molar-refractivity contribution in [1.82, 2.24) is 10.6 Å². The molecular weight excluding hydrogens is 414 g/mol. The van der Waals surface area contributed by atoms with Crippen molar-refractivity contribution < 1.29 is 17.9 Å². The zero-order valence-electron chi connectivity index (χ0n) is 18.6. The Labute approximate surface area is 185 Å². The van der Waals surface area contributed by atoms with Gasteiger partial charge in [-0.05, 0) is 44.5 Å². The van der Waals surface area contributed by atoms with Crippen LogP contribution in [0.2, 0.25) is 0 Å². The number of benzene rings is 2. The lowest BCUT2D eigenvalue weighted by atomic mass is 10.1. The Bertz CT molecular complexity index is 931. The summed E-state index contributed by atoms with van der Waals surface area (Å²) >= 11 is 0. The van der Waals surface area contributed by atoms with Crippen LogP contribution in [0.15, 0.2) is 58.4 Å². The second kappa shape index (κ2) is 13.0. The molecule has 0 bridgehead atoms. The Morgan fingerprint density at radius 1 is 1.03 bits per heavy atom. The van der Waals surface area contributed by atoms with E-state index >= 15 is 0 Å². The van der Waals surface area contributed by atoms with Crippen molar-refractivity contribution in [1.29, 1.82) is 0 Å². The van der Waals surface area contributed by atoms with Crippen molar-refractivity contribution in [3.8, 4) is 5.75 Å². The third-order valence-corrected chi connectivity index (χ3v) is 6.16. The fourth-order valence-corrected chi connectivity index (χ4v) is 4.02. The smallest absolute Gasteiger partial charge is 0.191 e. The van der Waals surface area contributed by atoms with E-state index in [0.717, 1.165) is 16.9 Å². The number of ether oxygens (including phenoxy) is 2. The summed E-state index contributed by atoms with van der Waals surface area (Å²) in [5.74, 6) is 1.33. The highest BCUT2D eigenvalue weighted by atomic mass is 32.2. The number of rotatable bonds is 12. The van der Waals surface area contributed by atoms with Crippen LogP contribution in [0.1, 0.15) is 25.0 Å². The van der Waals surface area contributed by atoms with Gasteiger partial charge in [0.05, 0.1) is 23.8 Å². The molecule has 2 aromatic rings. The number of sulfone groups is 1. The van der Waals surface area contributed by atoms with E-state index in [2.05, 4.69) is 15.6 Å². The van der Waals surface area contributed by atoms with Gasteiger partial charge in [-0.25, -0.2) is 13.4 Å². The van der Waals surface area contributed by atoms with E-state index in [1.54, 1.807) is 30.3 Å². The van der Waals surface area contributed by atoms with Gasteiger partial charge in [0, 0.05) is 25.3 Å². The van der Waals surface area contributed by atoms with E-state index in [4.69, 9.17) is 9.47 Å². The lowest BCUT2D eigenvalue weighted by molar-refractivity contribution is 0.110. The van der Waals surface area contributed by atoms with Gasteiger partial charge in [-0.15, -0.1) is 0 Å². The lowest BCUT2D eigenvalue weighted by Gasteiger charge is -2.14. The molecule has 0 aliphatic heterocycles. The van der Waals surface area contributed by atoms with Crippen LogP contribution in [0, 0.1) is 6.92 Å². The summed E-state index contributed by atoms with van der Waals surface area (Å²) in [6, 6.07) is 14.5. The Morgan fingerprint density at radius 2 is 1.81 bits per heavy atom. The highest BCUT2D eigenvalue weighted by molar-refractivity contribution is 7.91. The van der Waals surface area contributed by atoms with E-state index in [1.165, 1.54) is 0 Å². The summed E-state index contributed by atoms with van der Waals surface area (Å²) in [4.78, 5) is 4.93. The van der Waals surface area contributed by atoms with E-state index in [-0.39, 0.29) is 12.3 Å². The van der Waals surface area contributed by atoms with Gasteiger partial charge in [-0.2, -0.15) is 0 Å². The minimum Gasteiger partial charge on any atom is -0.491 e. The van der Waals surface area contributed by atoms with Crippen LogP contribution < -0.4 is 15.4 Å². The molecule has 7 nitrogen and oxygen atoms in total. The molecule has 31 heavy (non-hydrogen) atoms. The van der Waals surface area contributed by atoms with Crippen molar-refractivity contribution in [3.05, 3.63) is 59.7 Å². The normalized spacial score (nSPS) is 11.9. The molecule has 0 radical (unpaired) electrons. The number of aryl methyl sites for hydroxylation is 1. The van der Waals surface area contributed by atoms with Crippen molar-refractivity contribution >= 4 is 15.8 Å². The first-order valence-corrected chi connectivity index (χ1v) is 12.2. The molecule has 0 heterocycles. The van der Waals surface area contributed by atoms with Crippen LogP contribution in [0.25, 0.3) is 0 Å². The first-order valence-electron chi connectivity index (χ1n) is 10.6. The largest absolute Gasteiger partial charge is 0.491 e. The van der Waals surface area contributed by atoms with Gasteiger partial charge in [0.1, 0.15) is 12.4 Å². The van der Waals surface area contributed by atoms with Crippen LogP contribution in [0.3, 0.4) is 0 Å². The molecule has 0 unspecified atom stereocenters. The topological polar surface area (TPSA) is 89.0 Å². The SMILES string of the molecule is CCNC(=NCc1ccc(C)cc1OCCOCC)NCCS(=O)(=O)c1ccccc1. The minimum atomic E-state index is -3.34. The standard InChI is InChI=1S/C23H33N3O4S/c1-4-24-23(25-13-16-31(27,28)21-9-7-6-8-10-21)26-18-20-12-11-19(3)17-22(20)30-15-14-29-5-2/h6-12,17H,4-5,13-16,18H2,1-3H3,(H2,24,25,26). The summed E-state index contributed by atoms with van der Waals surface area (Å²) in [6.07, 6.45) is 0. The molecule has 0 aliphatic rings. The quantitative estimate of drug-likeness (QED) is 0.295. The van der Waals surface area contributed by atoms with Crippen LogP contribution in [0.5, 0.6) is 5.75 Å². The Hall–Kier alpha value is -2.58. The highest BCUT2D eigenvalue weighted by Crippen LogP contribution is 2.21. The number of hydrogen-bond acceptors (Lipinski definition) is 5. The molecule has 0 fully saturated rings. The third kappa shape index (κ3) is 8.59. The summed E-state index contributed by atoms with van der Waals surface area (Å²) < 4.78 is 36.1. The zero-order chi connectivity index (χ0) is 22.5. The van der Waals surface area contributed by atoms with Crippen LogP contribution in [-0.4, -0.2) is 53.0 Å². The third-order valence-electron chi connectivity index (χ3n) is 4.43. The van der Waals surface area contributed by atoms with E-state index < -0.39 is 9.84 Å². The number of aliphatic imine (C=N–C) groups is 1. The minimum absolute atomic E-state index is 0.0161. The van der Waals surface area contributed by atoms with E-state index in [0.29, 0.717) is 43.8 Å².